The first kappa shape index (κ1) is 23.3. The molecule has 7 nitrogen and oxygen atoms in total. The number of carbonyl (C=O) groups excluding carboxylic acids is 2. The van der Waals surface area contributed by atoms with E-state index in [2.05, 4.69) is 13.8 Å². The summed E-state index contributed by atoms with van der Waals surface area (Å²) in [6.45, 7) is 5.56. The van der Waals surface area contributed by atoms with Crippen molar-refractivity contribution in [2.24, 2.45) is 5.92 Å². The Labute approximate surface area is 188 Å². The summed E-state index contributed by atoms with van der Waals surface area (Å²) < 4.78 is 5.68. The number of likely N-dealkylation sites (N-methyl/N-ethyl adjacent to an activating group) is 1. The van der Waals surface area contributed by atoms with Gasteiger partial charge in [0.2, 0.25) is 0 Å². The number of ether oxygens (including phenoxy) is 1. The summed E-state index contributed by atoms with van der Waals surface area (Å²) in [7, 11) is 3.77. The van der Waals surface area contributed by atoms with Gasteiger partial charge < -0.3 is 24.7 Å². The van der Waals surface area contributed by atoms with Gasteiger partial charge in [0.05, 0.1) is 18.2 Å². The number of amides is 1. The molecule has 3 rings (SSSR count). The molecule has 1 amide bonds. The smallest absolute Gasteiger partial charge is 0.295 e. The van der Waals surface area contributed by atoms with Gasteiger partial charge in [0.15, 0.2) is 0 Å². The van der Waals surface area contributed by atoms with Crippen LogP contribution in [0.5, 0.6) is 11.5 Å². The van der Waals surface area contributed by atoms with Gasteiger partial charge in [0.25, 0.3) is 11.7 Å². The number of aliphatic hydroxyl groups excluding tert-OH is 1. The van der Waals surface area contributed by atoms with Crippen LogP contribution in [0.2, 0.25) is 0 Å². The van der Waals surface area contributed by atoms with Crippen LogP contribution >= 0.6 is 0 Å². The number of hydrogen-bond donors (Lipinski definition) is 2. The maximum atomic E-state index is 13.0. The Kier molecular flexibility index (Phi) is 7.20. The van der Waals surface area contributed by atoms with Crippen LogP contribution in [0.15, 0.2) is 54.1 Å². The van der Waals surface area contributed by atoms with Gasteiger partial charge in [-0.1, -0.05) is 26.0 Å². The number of likely N-dealkylation sites (tertiary alicyclic amines) is 1. The molecule has 1 aliphatic rings. The maximum Gasteiger partial charge on any atom is 0.295 e. The molecule has 0 aromatic heterocycles. The van der Waals surface area contributed by atoms with Gasteiger partial charge in [-0.3, -0.25) is 9.59 Å². The van der Waals surface area contributed by atoms with Gasteiger partial charge in [0, 0.05) is 18.7 Å². The SMILES string of the molecule is CC(C)COc1ccc(/C(O)=C2\C(=O)C(=O)N(CCN(C)C)[C@@H]2c2ccc(O)cc2)cc1. The molecule has 1 fully saturated rings. The number of phenolic OH excluding ortho intramolecular Hbond substituents is 1. The third-order valence-corrected chi connectivity index (χ3v) is 5.25. The van der Waals surface area contributed by atoms with Gasteiger partial charge in [0.1, 0.15) is 17.3 Å². The number of nitrogens with zero attached hydrogens (tertiary/aromatic N) is 2. The molecular formula is C25H30N2O5. The number of aromatic hydroxyl groups is 1. The molecule has 32 heavy (non-hydrogen) atoms. The van der Waals surface area contributed by atoms with Crippen molar-refractivity contribution < 1.29 is 24.5 Å². The number of phenols is 1. The number of aliphatic hydroxyl groups is 1. The number of Topliss-reactive ketones (excluding diaryl/α,β-unsaturated/α-hetero) is 1. The zero-order valence-corrected chi connectivity index (χ0v) is 18.9. The van der Waals surface area contributed by atoms with E-state index in [0.717, 1.165) is 0 Å². The fraction of sp³-hybridized carbons (Fsp3) is 0.360. The van der Waals surface area contributed by atoms with E-state index < -0.39 is 17.7 Å². The second-order valence-electron chi connectivity index (χ2n) is 8.62. The Bertz CT molecular complexity index is 994. The number of benzene rings is 2. The lowest BCUT2D eigenvalue weighted by molar-refractivity contribution is -0.140. The van der Waals surface area contributed by atoms with E-state index in [1.54, 1.807) is 36.4 Å². The van der Waals surface area contributed by atoms with Gasteiger partial charge in [-0.2, -0.15) is 0 Å². The number of ketones is 1. The first-order chi connectivity index (χ1) is 15.2. The Balaban J connectivity index is 2.02. The molecule has 7 heteroatoms. The highest BCUT2D eigenvalue weighted by Gasteiger charge is 2.45. The Morgan fingerprint density at radius 1 is 1.06 bits per heavy atom. The van der Waals surface area contributed by atoms with Gasteiger partial charge in [-0.05, 0) is 62.0 Å². The Morgan fingerprint density at radius 3 is 2.25 bits per heavy atom. The molecule has 0 unspecified atom stereocenters. The van der Waals surface area contributed by atoms with E-state index in [1.165, 1.54) is 17.0 Å². The molecule has 1 aliphatic heterocycles. The minimum absolute atomic E-state index is 0.0373. The number of carbonyl (C=O) groups is 2. The molecule has 2 aromatic carbocycles. The largest absolute Gasteiger partial charge is 0.508 e. The molecule has 2 N–H and O–H groups in total. The lowest BCUT2D eigenvalue weighted by atomic mass is 9.95. The zero-order chi connectivity index (χ0) is 23.4. The van der Waals surface area contributed by atoms with E-state index >= 15 is 0 Å². The summed E-state index contributed by atoms with van der Waals surface area (Å²) in [6, 6.07) is 12.4. The van der Waals surface area contributed by atoms with E-state index in [9.17, 15) is 19.8 Å². The van der Waals surface area contributed by atoms with Gasteiger partial charge in [-0.15, -0.1) is 0 Å². The van der Waals surface area contributed by atoms with Crippen molar-refractivity contribution in [3.63, 3.8) is 0 Å². The summed E-state index contributed by atoms with van der Waals surface area (Å²) in [5.74, 6) is -0.480. The van der Waals surface area contributed by atoms with E-state index in [-0.39, 0.29) is 17.1 Å². The van der Waals surface area contributed by atoms with Crippen LogP contribution < -0.4 is 4.74 Å². The van der Waals surface area contributed by atoms with Crippen molar-refractivity contribution in [3.05, 3.63) is 65.2 Å². The molecule has 1 atom stereocenters. The normalized spacial score (nSPS) is 18.1. The average molecular weight is 439 g/mol. The predicted molar refractivity (Wildman–Crippen MR) is 122 cm³/mol. The molecule has 170 valence electrons. The first-order valence-electron chi connectivity index (χ1n) is 10.6. The number of hydrogen-bond acceptors (Lipinski definition) is 6. The fourth-order valence-corrected chi connectivity index (χ4v) is 3.55. The zero-order valence-electron chi connectivity index (χ0n) is 18.9. The minimum Gasteiger partial charge on any atom is -0.508 e. The highest BCUT2D eigenvalue weighted by molar-refractivity contribution is 6.46. The van der Waals surface area contributed by atoms with Crippen molar-refractivity contribution in [2.45, 2.75) is 19.9 Å². The fourth-order valence-electron chi connectivity index (χ4n) is 3.55. The monoisotopic (exact) mass is 438 g/mol. The standard InChI is InChI=1S/C25H30N2O5/c1-16(2)15-32-20-11-7-18(8-12-20)23(29)21-22(17-5-9-19(28)10-6-17)27(14-13-26(3)4)25(31)24(21)30/h5-12,16,22,28-29H,13-15H2,1-4H3/b23-21+/t22-/m1/s1. The third-order valence-electron chi connectivity index (χ3n) is 5.25. The summed E-state index contributed by atoms with van der Waals surface area (Å²) in [5.41, 5.74) is 1.10. The molecule has 1 saturated heterocycles. The molecule has 0 spiro atoms. The van der Waals surface area contributed by atoms with Crippen molar-refractivity contribution in [3.8, 4) is 11.5 Å². The molecular weight excluding hydrogens is 408 g/mol. The van der Waals surface area contributed by atoms with E-state index in [4.69, 9.17) is 4.74 Å². The van der Waals surface area contributed by atoms with Crippen molar-refractivity contribution in [2.75, 3.05) is 33.8 Å². The topological polar surface area (TPSA) is 90.3 Å². The van der Waals surface area contributed by atoms with Crippen molar-refractivity contribution in [1.29, 1.82) is 0 Å². The third kappa shape index (κ3) is 5.11. The Morgan fingerprint density at radius 2 is 1.69 bits per heavy atom. The van der Waals surface area contributed by atoms with Crippen LogP contribution in [0.25, 0.3) is 5.76 Å². The second kappa shape index (κ2) is 9.87. The summed E-state index contributed by atoms with van der Waals surface area (Å²) >= 11 is 0. The summed E-state index contributed by atoms with van der Waals surface area (Å²) in [4.78, 5) is 29.2. The number of rotatable bonds is 8. The molecule has 0 saturated carbocycles. The van der Waals surface area contributed by atoms with Crippen LogP contribution in [-0.4, -0.2) is 65.5 Å². The van der Waals surface area contributed by atoms with Gasteiger partial charge in [-0.25, -0.2) is 0 Å². The van der Waals surface area contributed by atoms with Crippen LogP contribution in [0, 0.1) is 5.92 Å². The first-order valence-corrected chi connectivity index (χ1v) is 10.6. The highest BCUT2D eigenvalue weighted by Crippen LogP contribution is 2.39. The second-order valence-corrected chi connectivity index (χ2v) is 8.62. The quantitative estimate of drug-likeness (QED) is 0.373. The molecule has 0 bridgehead atoms. The van der Waals surface area contributed by atoms with Crippen molar-refractivity contribution in [1.82, 2.24) is 9.80 Å². The molecule has 1 heterocycles. The predicted octanol–water partition coefficient (Wildman–Crippen LogP) is 3.41. The maximum absolute atomic E-state index is 13.0. The van der Waals surface area contributed by atoms with Crippen LogP contribution in [0.1, 0.15) is 31.0 Å². The van der Waals surface area contributed by atoms with Crippen LogP contribution in [0.3, 0.4) is 0 Å². The van der Waals surface area contributed by atoms with Crippen LogP contribution in [-0.2, 0) is 9.59 Å². The van der Waals surface area contributed by atoms with Crippen LogP contribution in [0.4, 0.5) is 0 Å². The highest BCUT2D eigenvalue weighted by atomic mass is 16.5. The van der Waals surface area contributed by atoms with Gasteiger partial charge >= 0.3 is 0 Å². The molecule has 0 radical (unpaired) electrons. The van der Waals surface area contributed by atoms with E-state index in [1.807, 2.05) is 19.0 Å². The summed E-state index contributed by atoms with van der Waals surface area (Å²) in [5, 5.41) is 20.8. The average Bonchev–Trinajstić information content (AvgIpc) is 3.01. The van der Waals surface area contributed by atoms with E-state index in [0.29, 0.717) is 42.5 Å². The lowest BCUT2D eigenvalue weighted by Crippen LogP contribution is -2.35. The molecule has 0 aliphatic carbocycles. The summed E-state index contributed by atoms with van der Waals surface area (Å²) in [6.07, 6.45) is 0. The lowest BCUT2D eigenvalue weighted by Gasteiger charge is -2.26. The Hall–Kier alpha value is -3.32. The van der Waals surface area contributed by atoms with Crippen molar-refractivity contribution >= 4 is 17.4 Å². The molecule has 2 aromatic rings. The minimum atomic E-state index is -0.743.